The topological polar surface area (TPSA) is 38.0 Å². The molecule has 3 heteroatoms. The van der Waals surface area contributed by atoms with Gasteiger partial charge in [-0.25, -0.2) is 4.39 Å². The van der Waals surface area contributed by atoms with Gasteiger partial charge >= 0.3 is 0 Å². The molecule has 0 aromatic heterocycles. The minimum absolute atomic E-state index is 0.0810. The molecule has 1 atom stereocenters. The Labute approximate surface area is 107 Å². The number of halogens is 1. The Morgan fingerprint density at radius 3 is 2.50 bits per heavy atom. The number of nitrogens with two attached hydrogens (primary N) is 1. The average molecular weight is 244 g/mol. The maximum absolute atomic E-state index is 13.5. The van der Waals surface area contributed by atoms with Crippen molar-refractivity contribution in [2.24, 2.45) is 5.73 Å². The summed E-state index contributed by atoms with van der Waals surface area (Å²) in [7, 11) is 0. The molecule has 2 aromatic rings. The molecule has 18 heavy (non-hydrogen) atoms. The van der Waals surface area contributed by atoms with Gasteiger partial charge in [0.15, 0.2) is 0 Å². The molecule has 0 saturated heterocycles. The molecule has 0 radical (unpaired) electrons. The van der Waals surface area contributed by atoms with Gasteiger partial charge in [0.05, 0.1) is 6.04 Å². The predicted octanol–water partition coefficient (Wildman–Crippen LogP) is 3.25. The molecule has 94 valence electrons. The van der Waals surface area contributed by atoms with Crippen molar-refractivity contribution < 1.29 is 4.39 Å². The lowest BCUT2D eigenvalue weighted by Crippen LogP contribution is -2.20. The summed E-state index contributed by atoms with van der Waals surface area (Å²) in [5, 5.41) is 3.30. The first-order valence-corrected chi connectivity index (χ1v) is 5.98. The van der Waals surface area contributed by atoms with Crippen LogP contribution in [0.5, 0.6) is 0 Å². The van der Waals surface area contributed by atoms with Crippen LogP contribution in [0.4, 0.5) is 10.1 Å². The average Bonchev–Trinajstić information content (AvgIpc) is 2.40. The first-order valence-electron chi connectivity index (χ1n) is 5.98. The van der Waals surface area contributed by atoms with Crippen LogP contribution in [0.2, 0.25) is 0 Å². The van der Waals surface area contributed by atoms with Crippen LogP contribution in [0.15, 0.2) is 48.5 Å². The van der Waals surface area contributed by atoms with Gasteiger partial charge in [0.25, 0.3) is 0 Å². The largest absolute Gasteiger partial charge is 0.377 e. The summed E-state index contributed by atoms with van der Waals surface area (Å²) in [6.07, 6.45) is 0. The van der Waals surface area contributed by atoms with Gasteiger partial charge in [-0.1, -0.05) is 30.3 Å². The second-order valence-corrected chi connectivity index (χ2v) is 4.31. The van der Waals surface area contributed by atoms with E-state index >= 15 is 0 Å². The first kappa shape index (κ1) is 12.6. The summed E-state index contributed by atoms with van der Waals surface area (Å²) < 4.78 is 13.5. The van der Waals surface area contributed by atoms with E-state index in [4.69, 9.17) is 5.73 Å². The van der Waals surface area contributed by atoms with Crippen molar-refractivity contribution in [3.05, 3.63) is 65.5 Å². The summed E-state index contributed by atoms with van der Waals surface area (Å²) in [4.78, 5) is 0. The smallest absolute Gasteiger partial charge is 0.126 e. The van der Waals surface area contributed by atoms with Crippen LogP contribution >= 0.6 is 0 Å². The normalized spacial score (nSPS) is 12.2. The van der Waals surface area contributed by atoms with Crippen molar-refractivity contribution in [2.75, 3.05) is 11.9 Å². The third kappa shape index (κ3) is 2.87. The Kier molecular flexibility index (Phi) is 3.95. The van der Waals surface area contributed by atoms with E-state index in [1.165, 1.54) is 0 Å². The Hall–Kier alpha value is -1.87. The summed E-state index contributed by atoms with van der Waals surface area (Å²) in [5.41, 5.74) is 8.25. The van der Waals surface area contributed by atoms with Gasteiger partial charge in [-0.15, -0.1) is 0 Å². The van der Waals surface area contributed by atoms with Crippen molar-refractivity contribution in [1.82, 2.24) is 0 Å². The first-order chi connectivity index (χ1) is 8.70. The van der Waals surface area contributed by atoms with Gasteiger partial charge in [0.2, 0.25) is 0 Å². The maximum atomic E-state index is 13.5. The third-order valence-electron chi connectivity index (χ3n) is 2.95. The van der Waals surface area contributed by atoms with Crippen molar-refractivity contribution in [2.45, 2.75) is 13.0 Å². The van der Waals surface area contributed by atoms with Crippen LogP contribution in [0.1, 0.15) is 17.2 Å². The highest BCUT2D eigenvalue weighted by Crippen LogP contribution is 2.20. The minimum atomic E-state index is -0.194. The van der Waals surface area contributed by atoms with Crippen LogP contribution in [0.3, 0.4) is 0 Å². The molecule has 0 saturated carbocycles. The molecular weight excluding hydrogens is 227 g/mol. The highest BCUT2D eigenvalue weighted by molar-refractivity contribution is 5.45. The van der Waals surface area contributed by atoms with Gasteiger partial charge in [-0.05, 0) is 36.2 Å². The number of hydrogen-bond acceptors (Lipinski definition) is 2. The number of para-hydroxylation sites is 1. The molecule has 0 amide bonds. The zero-order chi connectivity index (χ0) is 13.0. The van der Waals surface area contributed by atoms with Gasteiger partial charge in [0.1, 0.15) is 5.82 Å². The predicted molar refractivity (Wildman–Crippen MR) is 73.0 cm³/mol. The van der Waals surface area contributed by atoms with Crippen LogP contribution in [0, 0.1) is 12.7 Å². The standard InChI is InChI=1S/C15H17FN2/c1-11-7-8-12(9-14(11)16)15(10-17)18-13-5-3-2-4-6-13/h2-9,15,18H,10,17H2,1H3. The van der Waals surface area contributed by atoms with E-state index in [9.17, 15) is 4.39 Å². The molecule has 3 N–H and O–H groups in total. The van der Waals surface area contributed by atoms with Crippen LogP contribution < -0.4 is 11.1 Å². The fourth-order valence-corrected chi connectivity index (χ4v) is 1.84. The Morgan fingerprint density at radius 1 is 1.17 bits per heavy atom. The van der Waals surface area contributed by atoms with Crippen LogP contribution in [-0.2, 0) is 0 Å². The summed E-state index contributed by atoms with van der Waals surface area (Å²) in [6.45, 7) is 2.17. The molecule has 2 rings (SSSR count). The Balaban J connectivity index is 2.20. The molecule has 0 heterocycles. The summed E-state index contributed by atoms with van der Waals surface area (Å²) in [6, 6.07) is 14.9. The van der Waals surface area contributed by atoms with E-state index in [1.807, 2.05) is 36.4 Å². The van der Waals surface area contributed by atoms with Gasteiger partial charge in [-0.3, -0.25) is 0 Å². The lowest BCUT2D eigenvalue weighted by Gasteiger charge is -2.19. The molecule has 0 bridgehead atoms. The van der Waals surface area contributed by atoms with E-state index in [0.29, 0.717) is 12.1 Å². The highest BCUT2D eigenvalue weighted by atomic mass is 19.1. The molecule has 0 aliphatic carbocycles. The minimum Gasteiger partial charge on any atom is -0.377 e. The summed E-state index contributed by atoms with van der Waals surface area (Å²) in [5.74, 6) is -0.194. The number of aryl methyl sites for hydroxylation is 1. The lowest BCUT2D eigenvalue weighted by atomic mass is 10.0. The molecule has 1 unspecified atom stereocenters. The number of anilines is 1. The second-order valence-electron chi connectivity index (χ2n) is 4.31. The number of rotatable bonds is 4. The third-order valence-corrected chi connectivity index (χ3v) is 2.95. The molecule has 0 fully saturated rings. The van der Waals surface area contributed by atoms with Crippen molar-refractivity contribution in [1.29, 1.82) is 0 Å². The molecule has 0 aliphatic rings. The van der Waals surface area contributed by atoms with Crippen molar-refractivity contribution in [3.8, 4) is 0 Å². The fraction of sp³-hybridized carbons (Fsp3) is 0.200. The Bertz CT molecular complexity index is 511. The van der Waals surface area contributed by atoms with Crippen molar-refractivity contribution >= 4 is 5.69 Å². The van der Waals surface area contributed by atoms with Crippen LogP contribution in [0.25, 0.3) is 0 Å². The zero-order valence-corrected chi connectivity index (χ0v) is 10.4. The molecule has 0 aliphatic heterocycles. The van der Waals surface area contributed by atoms with Crippen molar-refractivity contribution in [3.63, 3.8) is 0 Å². The van der Waals surface area contributed by atoms with Gasteiger partial charge in [0, 0.05) is 12.2 Å². The second kappa shape index (κ2) is 5.65. The zero-order valence-electron chi connectivity index (χ0n) is 10.4. The SMILES string of the molecule is Cc1ccc(C(CN)Nc2ccccc2)cc1F. The Morgan fingerprint density at radius 2 is 1.89 bits per heavy atom. The number of benzene rings is 2. The van der Waals surface area contributed by atoms with E-state index in [2.05, 4.69) is 5.32 Å². The molecule has 2 nitrogen and oxygen atoms in total. The highest BCUT2D eigenvalue weighted by Gasteiger charge is 2.10. The number of nitrogens with one attached hydrogen (secondary N) is 1. The monoisotopic (exact) mass is 244 g/mol. The lowest BCUT2D eigenvalue weighted by molar-refractivity contribution is 0.613. The molecule has 2 aromatic carbocycles. The van der Waals surface area contributed by atoms with E-state index < -0.39 is 0 Å². The van der Waals surface area contributed by atoms with E-state index in [-0.39, 0.29) is 11.9 Å². The van der Waals surface area contributed by atoms with E-state index in [0.717, 1.165) is 11.3 Å². The number of hydrogen-bond donors (Lipinski definition) is 2. The fourth-order valence-electron chi connectivity index (χ4n) is 1.84. The molecule has 0 spiro atoms. The van der Waals surface area contributed by atoms with E-state index in [1.54, 1.807) is 19.1 Å². The van der Waals surface area contributed by atoms with Crippen LogP contribution in [-0.4, -0.2) is 6.54 Å². The molecular formula is C15H17FN2. The maximum Gasteiger partial charge on any atom is 0.126 e. The van der Waals surface area contributed by atoms with Gasteiger partial charge < -0.3 is 11.1 Å². The quantitative estimate of drug-likeness (QED) is 0.866. The van der Waals surface area contributed by atoms with Gasteiger partial charge in [-0.2, -0.15) is 0 Å². The summed E-state index contributed by atoms with van der Waals surface area (Å²) >= 11 is 0.